The van der Waals surface area contributed by atoms with Crippen LogP contribution in [0, 0.1) is 19.7 Å². The van der Waals surface area contributed by atoms with E-state index in [2.05, 4.69) is 18.5 Å². The zero-order valence-corrected chi connectivity index (χ0v) is 21.3. The zero-order valence-electron chi connectivity index (χ0n) is 21.3. The van der Waals surface area contributed by atoms with Gasteiger partial charge >= 0.3 is 5.97 Å². The highest BCUT2D eigenvalue weighted by molar-refractivity contribution is 5.82. The van der Waals surface area contributed by atoms with E-state index < -0.39 is 29.8 Å². The quantitative estimate of drug-likeness (QED) is 0.204. The molecule has 2 aromatic rings. The summed E-state index contributed by atoms with van der Waals surface area (Å²) in [6.45, 7) is 13.1. The number of benzene rings is 2. The van der Waals surface area contributed by atoms with Crippen LogP contribution in [-0.4, -0.2) is 36.3 Å². The number of carbonyl (C=O) groups is 2. The van der Waals surface area contributed by atoms with Crippen LogP contribution in [0.15, 0.2) is 55.6 Å². The van der Waals surface area contributed by atoms with Crippen molar-refractivity contribution < 1.29 is 28.6 Å². The van der Waals surface area contributed by atoms with Crippen LogP contribution in [0.5, 0.6) is 5.75 Å². The van der Waals surface area contributed by atoms with Crippen LogP contribution < -0.4 is 10.1 Å². The largest absolute Gasteiger partial charge is 0.493 e. The van der Waals surface area contributed by atoms with Crippen molar-refractivity contribution in [2.75, 3.05) is 13.2 Å². The summed E-state index contributed by atoms with van der Waals surface area (Å²) in [5, 5.41) is 12.7. The molecule has 0 fully saturated rings. The number of halogens is 1. The Morgan fingerprint density at radius 3 is 2.58 bits per heavy atom. The van der Waals surface area contributed by atoms with Crippen LogP contribution in [-0.2, 0) is 14.3 Å². The number of rotatable bonds is 14. The maximum atomic E-state index is 15.4. The van der Waals surface area contributed by atoms with Crippen molar-refractivity contribution in [3.8, 4) is 16.9 Å². The van der Waals surface area contributed by atoms with E-state index in [0.717, 1.165) is 24.0 Å². The zero-order chi connectivity index (χ0) is 26.7. The van der Waals surface area contributed by atoms with Gasteiger partial charge < -0.3 is 19.9 Å². The number of aryl methyl sites for hydroxylation is 2. The summed E-state index contributed by atoms with van der Waals surface area (Å²) in [5.74, 6) is -1.21. The van der Waals surface area contributed by atoms with Gasteiger partial charge in [0.1, 0.15) is 17.7 Å². The molecule has 0 radical (unpaired) electrons. The van der Waals surface area contributed by atoms with Crippen molar-refractivity contribution in [1.29, 1.82) is 0 Å². The maximum Gasteiger partial charge on any atom is 0.308 e. The lowest BCUT2D eigenvalue weighted by Crippen LogP contribution is -2.38. The molecule has 0 aliphatic heterocycles. The Hall–Kier alpha value is -3.45. The minimum absolute atomic E-state index is 0.0231. The van der Waals surface area contributed by atoms with Gasteiger partial charge in [-0.05, 0) is 68.5 Å². The molecule has 0 heterocycles. The molecule has 2 rings (SSSR count). The molecule has 6 nitrogen and oxygen atoms in total. The molecule has 194 valence electrons. The summed E-state index contributed by atoms with van der Waals surface area (Å²) in [6, 6.07) is 7.98. The Balaban J connectivity index is 2.54. The van der Waals surface area contributed by atoms with Gasteiger partial charge in [0.25, 0.3) is 0 Å². The first-order chi connectivity index (χ1) is 17.2. The number of allylic oxidation sites excluding steroid dienone is 1. The lowest BCUT2D eigenvalue weighted by Gasteiger charge is -2.23. The van der Waals surface area contributed by atoms with Crippen LogP contribution in [0.2, 0.25) is 0 Å². The first kappa shape index (κ1) is 28.8. The van der Waals surface area contributed by atoms with Gasteiger partial charge in [-0.2, -0.15) is 0 Å². The first-order valence-corrected chi connectivity index (χ1v) is 12.1. The summed E-state index contributed by atoms with van der Waals surface area (Å²) < 4.78 is 26.5. The second-order valence-corrected chi connectivity index (χ2v) is 8.53. The van der Waals surface area contributed by atoms with E-state index in [-0.39, 0.29) is 25.0 Å². The van der Waals surface area contributed by atoms with E-state index in [1.54, 1.807) is 26.0 Å². The van der Waals surface area contributed by atoms with Crippen LogP contribution in [0.4, 0.5) is 4.39 Å². The van der Waals surface area contributed by atoms with E-state index in [4.69, 9.17) is 9.47 Å². The molecule has 0 unspecified atom stereocenters. The number of esters is 1. The third-order valence-electron chi connectivity index (χ3n) is 5.68. The SMILES string of the molecule is C=CCCCOc1cccc(C)c1-c1cc(C)c(F)c([C@H](CC(=O)OCC)NC(=O)[C@H](O)CC=C)c1. The third-order valence-corrected chi connectivity index (χ3v) is 5.68. The predicted octanol–water partition coefficient (Wildman–Crippen LogP) is 5.50. The molecule has 2 atom stereocenters. The van der Waals surface area contributed by atoms with E-state index >= 15 is 4.39 Å². The van der Waals surface area contributed by atoms with E-state index in [1.807, 2.05) is 31.2 Å². The predicted molar refractivity (Wildman–Crippen MR) is 139 cm³/mol. The Morgan fingerprint density at radius 1 is 1.17 bits per heavy atom. The van der Waals surface area contributed by atoms with Gasteiger partial charge in [-0.15, -0.1) is 13.2 Å². The summed E-state index contributed by atoms with van der Waals surface area (Å²) >= 11 is 0. The van der Waals surface area contributed by atoms with Gasteiger partial charge in [-0.3, -0.25) is 9.59 Å². The molecular weight excluding hydrogens is 461 g/mol. The van der Waals surface area contributed by atoms with Crippen LogP contribution in [0.3, 0.4) is 0 Å². The van der Waals surface area contributed by atoms with E-state index in [1.165, 1.54) is 6.08 Å². The van der Waals surface area contributed by atoms with E-state index in [9.17, 15) is 14.7 Å². The van der Waals surface area contributed by atoms with Crippen molar-refractivity contribution in [3.05, 3.63) is 78.1 Å². The third kappa shape index (κ3) is 7.78. The second-order valence-electron chi connectivity index (χ2n) is 8.53. The van der Waals surface area contributed by atoms with Crippen LogP contribution in [0.1, 0.15) is 55.3 Å². The summed E-state index contributed by atoms with van der Waals surface area (Å²) in [5.41, 5.74) is 2.89. The molecule has 0 spiro atoms. The number of aliphatic hydroxyl groups is 1. The molecule has 36 heavy (non-hydrogen) atoms. The molecule has 1 amide bonds. The number of hydrogen-bond donors (Lipinski definition) is 2. The number of unbranched alkanes of at least 4 members (excludes halogenated alkanes) is 1. The molecule has 0 saturated carbocycles. The van der Waals surface area contributed by atoms with Crippen LogP contribution >= 0.6 is 0 Å². The number of hydrogen-bond acceptors (Lipinski definition) is 5. The fraction of sp³-hybridized carbons (Fsp3) is 0.379. The van der Waals surface area contributed by atoms with Crippen LogP contribution in [0.25, 0.3) is 11.1 Å². The highest BCUT2D eigenvalue weighted by Crippen LogP contribution is 2.37. The van der Waals surface area contributed by atoms with Crippen molar-refractivity contribution in [3.63, 3.8) is 0 Å². The average Bonchev–Trinajstić information content (AvgIpc) is 2.83. The highest BCUT2D eigenvalue weighted by Gasteiger charge is 2.27. The molecule has 0 aliphatic carbocycles. The fourth-order valence-corrected chi connectivity index (χ4v) is 3.89. The number of amides is 1. The Morgan fingerprint density at radius 2 is 1.92 bits per heavy atom. The topological polar surface area (TPSA) is 84.9 Å². The molecule has 2 aromatic carbocycles. The molecule has 0 bridgehead atoms. The standard InChI is InChI=1S/C29H36FNO5/c1-6-9-10-15-36-25-14-11-13-19(4)27(25)21-16-20(5)28(30)22(17-21)23(18-26(33)35-8-3)31-29(34)24(32)12-7-2/h6-7,11,13-14,16-17,23-24,32H,1-2,8-10,12,15,18H2,3-5H3,(H,31,34)/t23-,24+/m0/s1. The molecule has 0 aromatic heterocycles. The molecule has 7 heteroatoms. The summed E-state index contributed by atoms with van der Waals surface area (Å²) in [7, 11) is 0. The Kier molecular flexibility index (Phi) is 11.3. The van der Waals surface area contributed by atoms with Gasteiger partial charge in [0.2, 0.25) is 5.91 Å². The second kappa shape index (κ2) is 14.2. The smallest absolute Gasteiger partial charge is 0.308 e. The minimum atomic E-state index is -1.37. The lowest BCUT2D eigenvalue weighted by molar-refractivity contribution is -0.144. The number of nitrogens with one attached hydrogen (secondary N) is 1. The first-order valence-electron chi connectivity index (χ1n) is 12.1. The molecule has 0 saturated heterocycles. The normalized spacial score (nSPS) is 12.4. The molecule has 2 N–H and O–H groups in total. The Bertz CT molecular complexity index is 1080. The van der Waals surface area contributed by atoms with Crippen molar-refractivity contribution in [2.45, 2.75) is 58.6 Å². The Labute approximate surface area is 212 Å². The number of carbonyl (C=O) groups excluding carboxylic acids is 2. The summed E-state index contributed by atoms with van der Waals surface area (Å²) in [4.78, 5) is 24.9. The summed E-state index contributed by atoms with van der Waals surface area (Å²) in [6.07, 6.45) is 3.24. The maximum absolute atomic E-state index is 15.4. The van der Waals surface area contributed by atoms with Crippen molar-refractivity contribution in [1.82, 2.24) is 5.32 Å². The molecule has 0 aliphatic rings. The van der Waals surface area contributed by atoms with Gasteiger partial charge in [0, 0.05) is 17.5 Å². The van der Waals surface area contributed by atoms with Crippen molar-refractivity contribution >= 4 is 11.9 Å². The molecular formula is C29H36FNO5. The number of aliphatic hydroxyl groups excluding tert-OH is 1. The van der Waals surface area contributed by atoms with Gasteiger partial charge in [-0.1, -0.05) is 24.3 Å². The lowest BCUT2D eigenvalue weighted by atomic mass is 9.92. The monoisotopic (exact) mass is 497 g/mol. The fourth-order valence-electron chi connectivity index (χ4n) is 3.89. The average molecular weight is 498 g/mol. The van der Waals surface area contributed by atoms with Crippen molar-refractivity contribution in [2.24, 2.45) is 0 Å². The highest BCUT2D eigenvalue weighted by atomic mass is 19.1. The van der Waals surface area contributed by atoms with Gasteiger partial charge in [0.15, 0.2) is 0 Å². The van der Waals surface area contributed by atoms with Gasteiger partial charge in [-0.25, -0.2) is 4.39 Å². The van der Waals surface area contributed by atoms with E-state index in [0.29, 0.717) is 23.5 Å². The minimum Gasteiger partial charge on any atom is -0.493 e. The number of ether oxygens (including phenoxy) is 2. The van der Waals surface area contributed by atoms with Gasteiger partial charge in [0.05, 0.1) is 25.7 Å².